The first-order valence-corrected chi connectivity index (χ1v) is 10.6. The number of benzene rings is 1. The van der Waals surface area contributed by atoms with E-state index in [0.29, 0.717) is 30.4 Å². The molecule has 0 heterocycles. The number of hydrogen-bond donors (Lipinski definition) is 2. The van der Waals surface area contributed by atoms with E-state index in [1.807, 2.05) is 19.1 Å². The van der Waals surface area contributed by atoms with Crippen LogP contribution >= 0.6 is 39.9 Å². The standard InChI is InChI=1S/C16H26BrN3O4S.HI/c1-11(6-7-25(5,21)22)20-16(18-2)19-10-12-8-14(23-3)15(24-4)9-13(12)17;/h8-9,11H,6-7,10H2,1-5H3,(H2,18,19,20);1H. The molecule has 7 nitrogen and oxygen atoms in total. The van der Waals surface area contributed by atoms with E-state index < -0.39 is 9.84 Å². The molecule has 150 valence electrons. The smallest absolute Gasteiger partial charge is 0.191 e. The molecule has 10 heteroatoms. The second-order valence-corrected chi connectivity index (χ2v) is 8.80. The minimum Gasteiger partial charge on any atom is -0.493 e. The Kier molecular flexibility index (Phi) is 11.5. The van der Waals surface area contributed by atoms with Gasteiger partial charge in [-0.05, 0) is 31.0 Å². The van der Waals surface area contributed by atoms with Crippen molar-refractivity contribution in [2.75, 3.05) is 33.3 Å². The van der Waals surface area contributed by atoms with Crippen molar-refractivity contribution < 1.29 is 17.9 Å². The van der Waals surface area contributed by atoms with Crippen LogP contribution in [0.3, 0.4) is 0 Å². The van der Waals surface area contributed by atoms with Gasteiger partial charge in [-0.25, -0.2) is 8.42 Å². The molecule has 0 aliphatic carbocycles. The van der Waals surface area contributed by atoms with Gasteiger partial charge in [0.05, 0.1) is 20.0 Å². The minimum atomic E-state index is -2.97. The highest BCUT2D eigenvalue weighted by Gasteiger charge is 2.12. The van der Waals surface area contributed by atoms with Gasteiger partial charge in [-0.1, -0.05) is 15.9 Å². The molecule has 2 N–H and O–H groups in total. The zero-order valence-corrected chi connectivity index (χ0v) is 20.4. The van der Waals surface area contributed by atoms with Crippen LogP contribution in [0.5, 0.6) is 11.5 Å². The van der Waals surface area contributed by atoms with E-state index >= 15 is 0 Å². The van der Waals surface area contributed by atoms with Crippen LogP contribution in [0.15, 0.2) is 21.6 Å². The van der Waals surface area contributed by atoms with Gasteiger partial charge in [0, 0.05) is 30.4 Å². The third-order valence-corrected chi connectivity index (χ3v) is 5.24. The number of rotatable bonds is 8. The monoisotopic (exact) mass is 563 g/mol. The fourth-order valence-corrected chi connectivity index (χ4v) is 3.35. The molecule has 0 fully saturated rings. The first-order valence-electron chi connectivity index (χ1n) is 7.75. The molecule has 1 aromatic rings. The van der Waals surface area contributed by atoms with Crippen molar-refractivity contribution in [2.24, 2.45) is 4.99 Å². The van der Waals surface area contributed by atoms with E-state index in [1.165, 1.54) is 6.26 Å². The van der Waals surface area contributed by atoms with Gasteiger partial charge in [-0.3, -0.25) is 4.99 Å². The first-order chi connectivity index (χ1) is 11.7. The Bertz CT molecular complexity index is 714. The van der Waals surface area contributed by atoms with Crippen LogP contribution in [0.25, 0.3) is 0 Å². The average Bonchev–Trinajstić information content (AvgIpc) is 2.56. The van der Waals surface area contributed by atoms with Gasteiger partial charge < -0.3 is 20.1 Å². The van der Waals surface area contributed by atoms with Crippen LogP contribution in [-0.2, 0) is 16.4 Å². The number of nitrogens with one attached hydrogen (secondary N) is 2. The lowest BCUT2D eigenvalue weighted by Crippen LogP contribution is -2.42. The average molecular weight is 564 g/mol. The fraction of sp³-hybridized carbons (Fsp3) is 0.562. The van der Waals surface area contributed by atoms with Crippen LogP contribution in [0.4, 0.5) is 0 Å². The van der Waals surface area contributed by atoms with Crippen LogP contribution in [0.1, 0.15) is 18.9 Å². The summed E-state index contributed by atoms with van der Waals surface area (Å²) in [6, 6.07) is 3.71. The van der Waals surface area contributed by atoms with Gasteiger partial charge in [0.25, 0.3) is 0 Å². The van der Waals surface area contributed by atoms with Gasteiger partial charge in [0.1, 0.15) is 9.84 Å². The van der Waals surface area contributed by atoms with Crippen molar-refractivity contribution in [1.29, 1.82) is 0 Å². The molecule has 0 amide bonds. The number of halogens is 2. The lowest BCUT2D eigenvalue weighted by molar-refractivity contribution is 0.354. The number of nitrogens with zero attached hydrogens (tertiary/aromatic N) is 1. The molecule has 0 aromatic heterocycles. The molecule has 1 aromatic carbocycles. The summed E-state index contributed by atoms with van der Waals surface area (Å²) >= 11 is 3.52. The molecule has 0 radical (unpaired) electrons. The van der Waals surface area contributed by atoms with E-state index in [0.717, 1.165) is 10.0 Å². The number of methoxy groups -OCH3 is 2. The van der Waals surface area contributed by atoms with Crippen molar-refractivity contribution in [3.63, 3.8) is 0 Å². The van der Waals surface area contributed by atoms with Crippen molar-refractivity contribution in [1.82, 2.24) is 10.6 Å². The Labute approximate surface area is 181 Å². The second-order valence-electron chi connectivity index (χ2n) is 5.69. The fourth-order valence-electron chi connectivity index (χ4n) is 2.10. The van der Waals surface area contributed by atoms with Gasteiger partial charge in [0.2, 0.25) is 0 Å². The summed E-state index contributed by atoms with van der Waals surface area (Å²) in [4.78, 5) is 4.17. The van der Waals surface area contributed by atoms with E-state index in [4.69, 9.17) is 9.47 Å². The Morgan fingerprint density at radius 3 is 2.35 bits per heavy atom. The second kappa shape index (κ2) is 11.9. The molecule has 0 aliphatic heterocycles. The molecule has 1 rings (SSSR count). The van der Waals surface area contributed by atoms with Gasteiger partial charge in [0.15, 0.2) is 17.5 Å². The number of guanidine groups is 1. The Morgan fingerprint density at radius 1 is 1.27 bits per heavy atom. The number of sulfone groups is 1. The molecule has 0 saturated carbocycles. The highest BCUT2D eigenvalue weighted by molar-refractivity contribution is 14.0. The highest BCUT2D eigenvalue weighted by Crippen LogP contribution is 2.33. The third-order valence-electron chi connectivity index (χ3n) is 3.53. The number of ether oxygens (including phenoxy) is 2. The van der Waals surface area contributed by atoms with E-state index in [1.54, 1.807) is 21.3 Å². The molecule has 1 unspecified atom stereocenters. The molecule has 0 bridgehead atoms. The lowest BCUT2D eigenvalue weighted by Gasteiger charge is -2.18. The summed E-state index contributed by atoms with van der Waals surface area (Å²) in [7, 11) is 1.88. The van der Waals surface area contributed by atoms with Crippen molar-refractivity contribution in [2.45, 2.75) is 25.9 Å². The van der Waals surface area contributed by atoms with Gasteiger partial charge in [-0.15, -0.1) is 24.0 Å². The maximum Gasteiger partial charge on any atom is 0.191 e. The SMILES string of the molecule is CN=C(NCc1cc(OC)c(OC)cc1Br)NC(C)CCS(C)(=O)=O.I. The van der Waals surface area contributed by atoms with Crippen molar-refractivity contribution >= 4 is 55.7 Å². The van der Waals surface area contributed by atoms with Crippen LogP contribution < -0.4 is 20.1 Å². The maximum absolute atomic E-state index is 11.3. The van der Waals surface area contributed by atoms with E-state index in [9.17, 15) is 8.42 Å². The maximum atomic E-state index is 11.3. The predicted molar refractivity (Wildman–Crippen MR) is 120 cm³/mol. The van der Waals surface area contributed by atoms with E-state index in [-0.39, 0.29) is 35.8 Å². The molecule has 1 atom stereocenters. The quantitative estimate of drug-likeness (QED) is 0.287. The zero-order valence-electron chi connectivity index (χ0n) is 15.6. The molecule has 0 aliphatic rings. The zero-order chi connectivity index (χ0) is 19.0. The first kappa shape index (κ1) is 25.2. The lowest BCUT2D eigenvalue weighted by atomic mass is 10.2. The Hall–Kier alpha value is -0.750. The van der Waals surface area contributed by atoms with Gasteiger partial charge in [-0.2, -0.15) is 0 Å². The Balaban J connectivity index is 0.00000625. The van der Waals surface area contributed by atoms with Crippen LogP contribution in [0, 0.1) is 0 Å². The number of hydrogen-bond acceptors (Lipinski definition) is 5. The molecule has 0 spiro atoms. The third kappa shape index (κ3) is 8.76. The summed E-state index contributed by atoms with van der Waals surface area (Å²) in [6.45, 7) is 2.43. The van der Waals surface area contributed by atoms with Crippen LogP contribution in [0.2, 0.25) is 0 Å². The summed E-state index contributed by atoms with van der Waals surface area (Å²) < 4.78 is 34.0. The summed E-state index contributed by atoms with van der Waals surface area (Å²) in [5.41, 5.74) is 0.976. The Morgan fingerprint density at radius 2 is 1.85 bits per heavy atom. The van der Waals surface area contributed by atoms with Crippen LogP contribution in [-0.4, -0.2) is 53.7 Å². The molecular formula is C16H27BrIN3O4S. The molecular weight excluding hydrogens is 537 g/mol. The van der Waals surface area contributed by atoms with Crippen molar-refractivity contribution in [3.05, 3.63) is 22.2 Å². The highest BCUT2D eigenvalue weighted by atomic mass is 127. The normalized spacial score (nSPS) is 12.8. The topological polar surface area (TPSA) is 89.0 Å². The van der Waals surface area contributed by atoms with Gasteiger partial charge >= 0.3 is 0 Å². The summed E-state index contributed by atoms with van der Waals surface area (Å²) in [5.74, 6) is 2.03. The van der Waals surface area contributed by atoms with E-state index in [2.05, 4.69) is 31.6 Å². The van der Waals surface area contributed by atoms with Crippen molar-refractivity contribution in [3.8, 4) is 11.5 Å². The minimum absolute atomic E-state index is 0. The number of aliphatic imine (C=N–C) groups is 1. The molecule has 26 heavy (non-hydrogen) atoms. The largest absolute Gasteiger partial charge is 0.493 e. The summed E-state index contributed by atoms with van der Waals surface area (Å²) in [5, 5.41) is 6.39. The molecule has 0 saturated heterocycles. The predicted octanol–water partition coefficient (Wildman–Crippen LogP) is 2.57. The summed E-state index contributed by atoms with van der Waals surface area (Å²) in [6.07, 6.45) is 1.75.